The third-order valence-electron chi connectivity index (χ3n) is 4.83. The fourth-order valence-corrected chi connectivity index (χ4v) is 3.17. The van der Waals surface area contributed by atoms with E-state index in [1.54, 1.807) is 25.4 Å². The molecule has 1 heterocycles. The van der Waals surface area contributed by atoms with Gasteiger partial charge in [0.1, 0.15) is 0 Å². The second-order valence-electron chi connectivity index (χ2n) is 7.05. The Labute approximate surface area is 187 Å². The van der Waals surface area contributed by atoms with E-state index < -0.39 is 0 Å². The number of methoxy groups -OCH3 is 1. The maximum absolute atomic E-state index is 12.4. The number of nitrogens with zero attached hydrogens (tertiary/aromatic N) is 1. The van der Waals surface area contributed by atoms with Crippen LogP contribution in [0, 0.1) is 0 Å². The summed E-state index contributed by atoms with van der Waals surface area (Å²) in [5.41, 5.74) is 2.93. The van der Waals surface area contributed by atoms with Crippen LogP contribution in [0.15, 0.2) is 67.0 Å². The highest BCUT2D eigenvalue weighted by molar-refractivity contribution is 6.04. The minimum Gasteiger partial charge on any atom is -0.493 e. The lowest BCUT2D eigenvalue weighted by atomic mass is 10.1. The van der Waals surface area contributed by atoms with E-state index >= 15 is 0 Å². The minimum absolute atomic E-state index is 0.0776. The van der Waals surface area contributed by atoms with Gasteiger partial charge in [-0.15, -0.1) is 0 Å². The molecule has 32 heavy (non-hydrogen) atoms. The van der Waals surface area contributed by atoms with Gasteiger partial charge in [0.15, 0.2) is 11.5 Å². The summed E-state index contributed by atoms with van der Waals surface area (Å²) < 4.78 is 10.9. The summed E-state index contributed by atoms with van der Waals surface area (Å²) in [6.45, 7) is 2.79. The summed E-state index contributed by atoms with van der Waals surface area (Å²) in [5, 5.41) is 5.81. The van der Waals surface area contributed by atoms with Crippen LogP contribution in [0.2, 0.25) is 0 Å². The van der Waals surface area contributed by atoms with Crippen molar-refractivity contribution in [3.63, 3.8) is 0 Å². The molecule has 2 N–H and O–H groups in total. The number of rotatable bonds is 10. The number of pyridine rings is 1. The molecule has 7 nitrogen and oxygen atoms in total. The largest absolute Gasteiger partial charge is 0.493 e. The van der Waals surface area contributed by atoms with Gasteiger partial charge in [-0.2, -0.15) is 0 Å². The highest BCUT2D eigenvalue weighted by atomic mass is 16.5. The molecule has 7 heteroatoms. The number of para-hydroxylation sites is 1. The lowest BCUT2D eigenvalue weighted by molar-refractivity contribution is -0.121. The molecule has 0 aliphatic carbocycles. The zero-order valence-electron chi connectivity index (χ0n) is 18.3. The molecule has 0 radical (unpaired) electrons. The first kappa shape index (κ1) is 22.8. The van der Waals surface area contributed by atoms with Gasteiger partial charge in [-0.25, -0.2) is 0 Å². The number of nitrogens with one attached hydrogen (secondary N) is 2. The van der Waals surface area contributed by atoms with E-state index in [1.165, 1.54) is 6.20 Å². The van der Waals surface area contributed by atoms with E-state index in [9.17, 15) is 9.59 Å². The summed E-state index contributed by atoms with van der Waals surface area (Å²) in [7, 11) is 1.60. The van der Waals surface area contributed by atoms with E-state index in [4.69, 9.17) is 9.47 Å². The molecule has 0 unspecified atom stereocenters. The molecule has 0 aliphatic rings. The molecular weight excluding hydrogens is 406 g/mol. The summed E-state index contributed by atoms with van der Waals surface area (Å²) in [4.78, 5) is 28.8. The number of hydrogen-bond donors (Lipinski definition) is 2. The number of aromatic nitrogens is 1. The third kappa shape index (κ3) is 6.31. The molecule has 0 spiro atoms. The van der Waals surface area contributed by atoms with Crippen LogP contribution in [0.4, 0.5) is 5.69 Å². The molecular formula is C25H27N3O4. The van der Waals surface area contributed by atoms with Crippen LogP contribution >= 0.6 is 0 Å². The van der Waals surface area contributed by atoms with Gasteiger partial charge >= 0.3 is 0 Å². The maximum atomic E-state index is 12.4. The Hall–Kier alpha value is -3.87. The Bertz CT molecular complexity index is 1050. The molecule has 166 valence electrons. The van der Waals surface area contributed by atoms with Crippen LogP contribution < -0.4 is 20.1 Å². The van der Waals surface area contributed by atoms with E-state index in [0.717, 1.165) is 11.1 Å². The van der Waals surface area contributed by atoms with Gasteiger partial charge in [0, 0.05) is 31.0 Å². The van der Waals surface area contributed by atoms with Crippen LogP contribution in [-0.4, -0.2) is 30.5 Å². The Kier molecular flexibility index (Phi) is 8.20. The van der Waals surface area contributed by atoms with Crippen molar-refractivity contribution in [1.82, 2.24) is 10.3 Å². The van der Waals surface area contributed by atoms with Crippen LogP contribution in [0.5, 0.6) is 11.5 Å². The van der Waals surface area contributed by atoms with Crippen molar-refractivity contribution in [2.45, 2.75) is 26.3 Å². The average Bonchev–Trinajstić information content (AvgIpc) is 2.83. The Balaban J connectivity index is 1.55. The second-order valence-corrected chi connectivity index (χ2v) is 7.05. The highest BCUT2D eigenvalue weighted by Gasteiger charge is 2.11. The molecule has 2 aromatic carbocycles. The fourth-order valence-electron chi connectivity index (χ4n) is 3.17. The van der Waals surface area contributed by atoms with Crippen molar-refractivity contribution >= 4 is 17.5 Å². The van der Waals surface area contributed by atoms with Crippen molar-refractivity contribution < 1.29 is 19.1 Å². The van der Waals surface area contributed by atoms with Crippen LogP contribution in [0.1, 0.15) is 34.8 Å². The molecule has 0 saturated heterocycles. The summed E-state index contributed by atoms with van der Waals surface area (Å²) >= 11 is 0. The van der Waals surface area contributed by atoms with Gasteiger partial charge in [-0.1, -0.05) is 24.3 Å². The van der Waals surface area contributed by atoms with Crippen molar-refractivity contribution in [1.29, 1.82) is 0 Å². The summed E-state index contributed by atoms with van der Waals surface area (Å²) in [5.74, 6) is 1.02. The van der Waals surface area contributed by atoms with Gasteiger partial charge in [0.25, 0.3) is 5.91 Å². The Morgan fingerprint density at radius 1 is 1.03 bits per heavy atom. The molecule has 3 aromatic rings. The van der Waals surface area contributed by atoms with Crippen LogP contribution in [-0.2, 0) is 17.8 Å². The molecule has 0 aliphatic heterocycles. The third-order valence-corrected chi connectivity index (χ3v) is 4.83. The molecule has 1 aromatic heterocycles. The maximum Gasteiger partial charge on any atom is 0.257 e. The fraction of sp³-hybridized carbons (Fsp3) is 0.240. The first-order valence-corrected chi connectivity index (χ1v) is 10.5. The van der Waals surface area contributed by atoms with Crippen molar-refractivity contribution in [2.75, 3.05) is 19.0 Å². The predicted octanol–water partition coefficient (Wildman–Crippen LogP) is 3.99. The molecule has 0 saturated carbocycles. The van der Waals surface area contributed by atoms with Crippen molar-refractivity contribution in [3.05, 3.63) is 83.7 Å². The topological polar surface area (TPSA) is 89.6 Å². The highest BCUT2D eigenvalue weighted by Crippen LogP contribution is 2.28. The van der Waals surface area contributed by atoms with Gasteiger partial charge in [0.05, 0.1) is 19.3 Å². The van der Waals surface area contributed by atoms with Gasteiger partial charge in [0.2, 0.25) is 5.91 Å². The van der Waals surface area contributed by atoms with E-state index in [2.05, 4.69) is 15.6 Å². The lowest BCUT2D eigenvalue weighted by Crippen LogP contribution is -2.24. The monoisotopic (exact) mass is 433 g/mol. The standard InChI is InChI=1S/C25H27N3O4/c1-3-32-22-12-10-18(15-23(22)31-2)11-13-24(29)27-17-19-7-4-5-9-21(19)28-25(30)20-8-6-14-26-16-20/h4-10,12,14-16H,3,11,13,17H2,1-2H3,(H,27,29)(H,28,30). The first-order chi connectivity index (χ1) is 15.6. The zero-order chi connectivity index (χ0) is 22.8. The van der Waals surface area contributed by atoms with Crippen LogP contribution in [0.25, 0.3) is 0 Å². The number of benzene rings is 2. The number of hydrogen-bond acceptors (Lipinski definition) is 5. The van der Waals surface area contributed by atoms with E-state index in [0.29, 0.717) is 48.7 Å². The first-order valence-electron chi connectivity index (χ1n) is 10.5. The number of ether oxygens (including phenoxy) is 2. The summed E-state index contributed by atoms with van der Waals surface area (Å²) in [6.07, 6.45) is 4.04. The molecule has 0 fully saturated rings. The van der Waals surface area contributed by atoms with Crippen molar-refractivity contribution in [3.8, 4) is 11.5 Å². The lowest BCUT2D eigenvalue weighted by Gasteiger charge is -2.13. The van der Waals surface area contributed by atoms with E-state index in [1.807, 2.05) is 49.4 Å². The quantitative estimate of drug-likeness (QED) is 0.505. The SMILES string of the molecule is CCOc1ccc(CCC(=O)NCc2ccccc2NC(=O)c2cccnc2)cc1OC. The Morgan fingerprint density at radius 3 is 2.62 bits per heavy atom. The predicted molar refractivity (Wildman–Crippen MR) is 123 cm³/mol. The summed E-state index contributed by atoms with van der Waals surface area (Å²) in [6, 6.07) is 16.5. The Morgan fingerprint density at radius 2 is 1.88 bits per heavy atom. The number of anilines is 1. The van der Waals surface area contributed by atoms with Gasteiger partial charge < -0.3 is 20.1 Å². The smallest absolute Gasteiger partial charge is 0.257 e. The van der Waals surface area contributed by atoms with Gasteiger partial charge in [-0.05, 0) is 54.8 Å². The number of carbonyl (C=O) groups is 2. The van der Waals surface area contributed by atoms with Crippen LogP contribution in [0.3, 0.4) is 0 Å². The molecule has 2 amide bonds. The molecule has 3 rings (SSSR count). The zero-order valence-corrected chi connectivity index (χ0v) is 18.3. The minimum atomic E-state index is -0.249. The number of aryl methyl sites for hydroxylation is 1. The average molecular weight is 434 g/mol. The van der Waals surface area contributed by atoms with E-state index in [-0.39, 0.29) is 11.8 Å². The normalized spacial score (nSPS) is 10.3. The molecule has 0 atom stereocenters. The molecule has 0 bridgehead atoms. The number of carbonyl (C=O) groups excluding carboxylic acids is 2. The number of amides is 2. The van der Waals surface area contributed by atoms with Gasteiger partial charge in [-0.3, -0.25) is 14.6 Å². The second kappa shape index (κ2) is 11.5. The van der Waals surface area contributed by atoms with Crippen molar-refractivity contribution in [2.24, 2.45) is 0 Å².